The predicted octanol–water partition coefficient (Wildman–Crippen LogP) is 3.42. The Morgan fingerprint density at radius 2 is 1.84 bits per heavy atom. The van der Waals surface area contributed by atoms with E-state index in [9.17, 15) is 9.59 Å². The van der Waals surface area contributed by atoms with Crippen molar-refractivity contribution in [3.05, 3.63) is 64.9 Å². The Labute approximate surface area is 225 Å². The molecule has 3 aliphatic heterocycles. The van der Waals surface area contributed by atoms with Crippen LogP contribution < -0.4 is 15.5 Å². The molecule has 3 aliphatic rings. The molecule has 0 unspecified atom stereocenters. The number of anilines is 2. The summed E-state index contributed by atoms with van der Waals surface area (Å²) in [5.41, 5.74) is 3.35. The van der Waals surface area contributed by atoms with E-state index in [4.69, 9.17) is 0 Å². The number of nitrogens with zero attached hydrogens (tertiary/aromatic N) is 4. The summed E-state index contributed by atoms with van der Waals surface area (Å²) in [6, 6.07) is 12.1. The van der Waals surface area contributed by atoms with E-state index < -0.39 is 5.82 Å². The molecule has 0 atom stereocenters. The Balaban J connectivity index is 1.10. The molecule has 0 saturated carbocycles. The van der Waals surface area contributed by atoms with Crippen LogP contribution in [0.5, 0.6) is 0 Å². The van der Waals surface area contributed by atoms with Crippen LogP contribution in [0.25, 0.3) is 11.1 Å². The number of hydrogen-bond donors (Lipinski definition) is 2. The molecule has 198 valence electrons. The van der Waals surface area contributed by atoms with Crippen molar-refractivity contribution in [3.63, 3.8) is 0 Å². The summed E-state index contributed by atoms with van der Waals surface area (Å²) in [5.74, 6) is -1.11. The molecule has 2 amide bonds. The van der Waals surface area contributed by atoms with Gasteiger partial charge in [-0.05, 0) is 48.2 Å². The first-order chi connectivity index (χ1) is 18.5. The van der Waals surface area contributed by atoms with Crippen LogP contribution in [0, 0.1) is 5.82 Å². The summed E-state index contributed by atoms with van der Waals surface area (Å²) in [5, 5.41) is 8.33. The number of piperazine rings is 1. The molecule has 4 heterocycles. The fourth-order valence-corrected chi connectivity index (χ4v) is 6.28. The van der Waals surface area contributed by atoms with Crippen molar-refractivity contribution in [2.45, 2.75) is 25.4 Å². The molecule has 2 aromatic carbocycles. The predicted molar refractivity (Wildman–Crippen MR) is 147 cm³/mol. The van der Waals surface area contributed by atoms with Gasteiger partial charge in [0.2, 0.25) is 5.91 Å². The van der Waals surface area contributed by atoms with Crippen LogP contribution in [-0.4, -0.2) is 78.5 Å². The highest BCUT2D eigenvalue weighted by atomic mass is 32.1. The maximum absolute atomic E-state index is 15.1. The van der Waals surface area contributed by atoms with Gasteiger partial charge in [-0.1, -0.05) is 12.1 Å². The van der Waals surface area contributed by atoms with Crippen LogP contribution in [0.15, 0.2) is 48.0 Å². The normalized spacial score (nSPS) is 18.6. The van der Waals surface area contributed by atoms with E-state index in [0.717, 1.165) is 57.7 Å². The smallest absolute Gasteiger partial charge is 0.255 e. The second-order valence-electron chi connectivity index (χ2n) is 10.1. The summed E-state index contributed by atoms with van der Waals surface area (Å²) in [7, 11) is 0. The Morgan fingerprint density at radius 1 is 1.08 bits per heavy atom. The van der Waals surface area contributed by atoms with E-state index in [1.807, 2.05) is 12.1 Å². The zero-order valence-corrected chi connectivity index (χ0v) is 22.0. The van der Waals surface area contributed by atoms with Crippen molar-refractivity contribution in [2.24, 2.45) is 0 Å². The molecule has 2 N–H and O–H groups in total. The van der Waals surface area contributed by atoms with Gasteiger partial charge in [0, 0.05) is 73.7 Å². The molecule has 8 nitrogen and oxygen atoms in total. The standard InChI is InChI=1S/C28H31FN6O2S/c29-25-16-20(15-23-24(25)17-35(27(23)37)18-26(36)32-28-31-9-14-38-28)19-1-3-21(4-2-19)33-10-5-22(6-11-33)34-12-7-30-8-13-34/h1-4,9,14-16,22,30H,5-8,10-13,17-18H2,(H,31,32,36). The van der Waals surface area contributed by atoms with Gasteiger partial charge < -0.3 is 20.4 Å². The summed E-state index contributed by atoms with van der Waals surface area (Å²) in [6.45, 7) is 6.42. The fraction of sp³-hybridized carbons (Fsp3) is 0.393. The van der Waals surface area contributed by atoms with E-state index in [-0.39, 0.29) is 24.9 Å². The van der Waals surface area contributed by atoms with Crippen molar-refractivity contribution < 1.29 is 14.0 Å². The molecule has 0 bridgehead atoms. The first-order valence-corrected chi connectivity index (χ1v) is 14.0. The highest BCUT2D eigenvalue weighted by molar-refractivity contribution is 7.13. The SMILES string of the molecule is O=C(CN1Cc2c(F)cc(-c3ccc(N4CCC(N5CCNCC5)CC4)cc3)cc2C1=O)Nc1nccs1. The van der Waals surface area contributed by atoms with Crippen molar-refractivity contribution >= 4 is 34.0 Å². The molecule has 3 aromatic rings. The van der Waals surface area contributed by atoms with E-state index >= 15 is 4.39 Å². The van der Waals surface area contributed by atoms with Gasteiger partial charge >= 0.3 is 0 Å². The number of halogens is 1. The highest BCUT2D eigenvalue weighted by Gasteiger charge is 2.32. The van der Waals surface area contributed by atoms with E-state index in [0.29, 0.717) is 27.9 Å². The second kappa shape index (κ2) is 10.8. The lowest BCUT2D eigenvalue weighted by atomic mass is 9.98. The largest absolute Gasteiger partial charge is 0.371 e. The molecule has 0 radical (unpaired) electrons. The first-order valence-electron chi connectivity index (χ1n) is 13.2. The maximum Gasteiger partial charge on any atom is 0.255 e. The lowest BCUT2D eigenvalue weighted by Gasteiger charge is -2.41. The Hall–Kier alpha value is -3.34. The van der Waals surface area contributed by atoms with Crippen LogP contribution in [0.4, 0.5) is 15.2 Å². The Kier molecular flexibility index (Phi) is 7.10. The molecule has 0 aliphatic carbocycles. The number of rotatable bonds is 6. The van der Waals surface area contributed by atoms with Crippen LogP contribution in [-0.2, 0) is 11.3 Å². The van der Waals surface area contributed by atoms with Gasteiger partial charge in [-0.15, -0.1) is 11.3 Å². The number of hydrogen-bond acceptors (Lipinski definition) is 7. The third-order valence-electron chi connectivity index (χ3n) is 7.77. The topological polar surface area (TPSA) is 80.8 Å². The van der Waals surface area contributed by atoms with Gasteiger partial charge in [-0.2, -0.15) is 0 Å². The van der Waals surface area contributed by atoms with Gasteiger partial charge in [0.1, 0.15) is 12.4 Å². The third kappa shape index (κ3) is 5.16. The summed E-state index contributed by atoms with van der Waals surface area (Å²) < 4.78 is 15.1. The number of fused-ring (bicyclic) bond motifs is 1. The van der Waals surface area contributed by atoms with Gasteiger partial charge in [0.05, 0.1) is 6.54 Å². The van der Waals surface area contributed by atoms with Gasteiger partial charge in [0.15, 0.2) is 5.13 Å². The van der Waals surface area contributed by atoms with Crippen LogP contribution in [0.2, 0.25) is 0 Å². The van der Waals surface area contributed by atoms with E-state index in [1.165, 1.54) is 28.0 Å². The third-order valence-corrected chi connectivity index (χ3v) is 8.46. The number of carbonyl (C=O) groups excluding carboxylic acids is 2. The highest BCUT2D eigenvalue weighted by Crippen LogP contribution is 2.32. The summed E-state index contributed by atoms with van der Waals surface area (Å²) in [6.07, 6.45) is 3.92. The second-order valence-corrected chi connectivity index (χ2v) is 11.0. The summed E-state index contributed by atoms with van der Waals surface area (Å²) in [4.78, 5) is 35.8. The average molecular weight is 535 g/mol. The van der Waals surface area contributed by atoms with Crippen molar-refractivity contribution in [1.82, 2.24) is 20.1 Å². The van der Waals surface area contributed by atoms with Crippen molar-refractivity contribution in [2.75, 3.05) is 56.0 Å². The van der Waals surface area contributed by atoms with Gasteiger partial charge in [-0.25, -0.2) is 9.37 Å². The summed E-state index contributed by atoms with van der Waals surface area (Å²) >= 11 is 1.30. The molecular formula is C28H31FN6O2S. The van der Waals surface area contributed by atoms with Crippen LogP contribution in [0.3, 0.4) is 0 Å². The fourth-order valence-electron chi connectivity index (χ4n) is 5.73. The number of piperidine rings is 1. The molecule has 2 fully saturated rings. The first kappa shape index (κ1) is 25.0. The van der Waals surface area contributed by atoms with Gasteiger partial charge in [0.25, 0.3) is 5.91 Å². The zero-order chi connectivity index (χ0) is 26.1. The van der Waals surface area contributed by atoms with E-state index in [2.05, 4.69) is 37.6 Å². The van der Waals surface area contributed by atoms with Gasteiger partial charge in [-0.3, -0.25) is 14.5 Å². The molecule has 2 saturated heterocycles. The number of thiazole rings is 1. The molecular weight excluding hydrogens is 503 g/mol. The number of nitrogens with one attached hydrogen (secondary N) is 2. The number of benzene rings is 2. The molecule has 6 rings (SSSR count). The minimum Gasteiger partial charge on any atom is -0.371 e. The number of aromatic nitrogens is 1. The molecule has 1 aromatic heterocycles. The van der Waals surface area contributed by atoms with Crippen molar-refractivity contribution in [1.29, 1.82) is 0 Å². The lowest BCUT2D eigenvalue weighted by Crippen LogP contribution is -2.52. The minimum absolute atomic E-state index is 0.0778. The monoisotopic (exact) mass is 534 g/mol. The number of carbonyl (C=O) groups is 2. The quantitative estimate of drug-likeness (QED) is 0.505. The van der Waals surface area contributed by atoms with Crippen molar-refractivity contribution in [3.8, 4) is 11.1 Å². The molecule has 10 heteroatoms. The van der Waals surface area contributed by atoms with Crippen LogP contribution in [0.1, 0.15) is 28.8 Å². The lowest BCUT2D eigenvalue weighted by molar-refractivity contribution is -0.116. The minimum atomic E-state index is -0.423. The number of amides is 2. The Bertz CT molecular complexity index is 1300. The maximum atomic E-state index is 15.1. The van der Waals surface area contributed by atoms with Crippen LogP contribution >= 0.6 is 11.3 Å². The Morgan fingerprint density at radius 3 is 2.55 bits per heavy atom. The molecule has 0 spiro atoms. The van der Waals surface area contributed by atoms with E-state index in [1.54, 1.807) is 17.6 Å². The average Bonchev–Trinajstić information content (AvgIpc) is 3.57. The zero-order valence-electron chi connectivity index (χ0n) is 21.2. The molecule has 38 heavy (non-hydrogen) atoms.